The van der Waals surface area contributed by atoms with Crippen LogP contribution in [0.2, 0.25) is 0 Å². The normalized spacial score (nSPS) is 15.1. The maximum Gasteiger partial charge on any atom is 0.291 e. The second-order valence-electron chi connectivity index (χ2n) is 8.96. The summed E-state index contributed by atoms with van der Waals surface area (Å²) in [5.41, 5.74) is 5.49. The zero-order valence-electron chi connectivity index (χ0n) is 19.8. The Kier molecular flexibility index (Phi) is 5.48. The molecule has 3 aromatic carbocycles. The van der Waals surface area contributed by atoms with Crippen LogP contribution in [0.1, 0.15) is 56.9 Å². The zero-order valence-corrected chi connectivity index (χ0v) is 19.8. The molecule has 1 amide bonds. The van der Waals surface area contributed by atoms with Crippen LogP contribution < -0.4 is 10.2 Å². The average molecular weight is 454 g/mol. The van der Waals surface area contributed by atoms with Gasteiger partial charge in [0.05, 0.1) is 23.6 Å². The second-order valence-corrected chi connectivity index (χ2v) is 8.96. The fraction of sp³-hybridized carbons (Fsp3) is 0.241. The van der Waals surface area contributed by atoms with Crippen molar-refractivity contribution in [1.82, 2.24) is 4.90 Å². The van der Waals surface area contributed by atoms with Gasteiger partial charge in [-0.05, 0) is 68.1 Å². The Balaban J connectivity index is 1.73. The molecule has 5 rings (SSSR count). The van der Waals surface area contributed by atoms with Crippen LogP contribution in [0, 0.1) is 20.8 Å². The van der Waals surface area contributed by atoms with E-state index in [4.69, 9.17) is 9.15 Å². The molecule has 1 aliphatic heterocycles. The van der Waals surface area contributed by atoms with Crippen molar-refractivity contribution >= 4 is 16.9 Å². The molecule has 4 aromatic rings. The van der Waals surface area contributed by atoms with E-state index in [9.17, 15) is 9.59 Å². The molecule has 2 heterocycles. The van der Waals surface area contributed by atoms with Crippen molar-refractivity contribution in [1.29, 1.82) is 0 Å². The molecule has 1 atom stereocenters. The first-order valence-corrected chi connectivity index (χ1v) is 11.5. The zero-order chi connectivity index (χ0) is 24.0. The molecule has 0 spiro atoms. The van der Waals surface area contributed by atoms with Gasteiger partial charge in [-0.25, -0.2) is 0 Å². The molecule has 0 aliphatic carbocycles. The number of benzene rings is 3. The first-order chi connectivity index (χ1) is 16.4. The van der Waals surface area contributed by atoms with Crippen molar-refractivity contribution in [2.75, 3.05) is 6.61 Å². The first kappa shape index (κ1) is 22.0. The Bertz CT molecular complexity index is 1470. The van der Waals surface area contributed by atoms with Gasteiger partial charge < -0.3 is 14.1 Å². The summed E-state index contributed by atoms with van der Waals surface area (Å²) < 4.78 is 11.9. The third-order valence-electron chi connectivity index (χ3n) is 6.36. The lowest BCUT2D eigenvalue weighted by Crippen LogP contribution is -2.29. The molecule has 34 heavy (non-hydrogen) atoms. The lowest BCUT2D eigenvalue weighted by Gasteiger charge is -2.25. The number of carbonyl (C=O) groups is 1. The molecule has 172 valence electrons. The van der Waals surface area contributed by atoms with E-state index in [2.05, 4.69) is 0 Å². The van der Waals surface area contributed by atoms with E-state index in [-0.39, 0.29) is 17.1 Å². The van der Waals surface area contributed by atoms with Gasteiger partial charge in [0.2, 0.25) is 5.76 Å². The topological polar surface area (TPSA) is 59.8 Å². The largest absolute Gasteiger partial charge is 0.494 e. The molecular weight excluding hydrogens is 426 g/mol. The molecule has 5 nitrogen and oxygen atoms in total. The van der Waals surface area contributed by atoms with Gasteiger partial charge in [0, 0.05) is 6.54 Å². The summed E-state index contributed by atoms with van der Waals surface area (Å²) in [7, 11) is 0. The monoisotopic (exact) mass is 453 g/mol. The number of rotatable bonds is 5. The van der Waals surface area contributed by atoms with Crippen LogP contribution in [0.5, 0.6) is 5.75 Å². The third kappa shape index (κ3) is 3.67. The summed E-state index contributed by atoms with van der Waals surface area (Å²) in [6.45, 7) is 8.70. The number of carbonyl (C=O) groups excluding carboxylic acids is 1. The Labute approximate surface area is 198 Å². The molecular formula is C29H27NO4. The van der Waals surface area contributed by atoms with Gasteiger partial charge >= 0.3 is 0 Å². The highest BCUT2D eigenvalue weighted by atomic mass is 16.5. The number of ether oxygens (including phenoxy) is 1. The highest BCUT2D eigenvalue weighted by molar-refractivity contribution is 5.99. The van der Waals surface area contributed by atoms with Crippen LogP contribution in [0.4, 0.5) is 0 Å². The minimum atomic E-state index is -0.564. The van der Waals surface area contributed by atoms with Crippen molar-refractivity contribution < 1.29 is 13.9 Å². The summed E-state index contributed by atoms with van der Waals surface area (Å²) >= 11 is 0. The number of aryl methyl sites for hydroxylation is 3. The summed E-state index contributed by atoms with van der Waals surface area (Å²) in [5, 5.41) is 0.507. The van der Waals surface area contributed by atoms with Gasteiger partial charge in [-0.2, -0.15) is 0 Å². The lowest BCUT2D eigenvalue weighted by molar-refractivity contribution is 0.0714. The van der Waals surface area contributed by atoms with Gasteiger partial charge in [0.25, 0.3) is 5.91 Å². The standard InChI is InChI=1S/C29H27NO4/c1-5-33-22-8-6-7-21(15-22)25-24-26(31)23-14-18(3)13-19(4)27(23)34-28(24)29(32)30(25)16-20-11-9-17(2)10-12-20/h6-15,25H,5,16H2,1-4H3. The molecule has 0 N–H and O–H groups in total. The van der Waals surface area contributed by atoms with Gasteiger partial charge in [-0.15, -0.1) is 0 Å². The van der Waals surface area contributed by atoms with Gasteiger partial charge in [-0.1, -0.05) is 48.0 Å². The van der Waals surface area contributed by atoms with Crippen molar-refractivity contribution in [2.45, 2.75) is 40.3 Å². The maximum atomic E-state index is 13.8. The SMILES string of the molecule is CCOc1cccc(C2c3c(oc4c(C)cc(C)cc4c3=O)C(=O)N2Cc2ccc(C)cc2)c1. The second kappa shape index (κ2) is 8.49. The highest BCUT2D eigenvalue weighted by Gasteiger charge is 2.43. The van der Waals surface area contributed by atoms with E-state index in [1.165, 1.54) is 0 Å². The van der Waals surface area contributed by atoms with E-state index in [0.29, 0.717) is 35.4 Å². The molecule has 0 bridgehead atoms. The lowest BCUT2D eigenvalue weighted by atomic mass is 9.97. The van der Waals surface area contributed by atoms with Crippen molar-refractivity contribution in [3.63, 3.8) is 0 Å². The van der Waals surface area contributed by atoms with Crippen LogP contribution >= 0.6 is 0 Å². The molecule has 0 radical (unpaired) electrons. The van der Waals surface area contributed by atoms with E-state index < -0.39 is 6.04 Å². The van der Waals surface area contributed by atoms with E-state index >= 15 is 0 Å². The van der Waals surface area contributed by atoms with Gasteiger partial charge in [-0.3, -0.25) is 9.59 Å². The number of hydrogen-bond donors (Lipinski definition) is 0. The molecule has 1 aliphatic rings. The minimum absolute atomic E-state index is 0.128. The molecule has 0 fully saturated rings. The Morgan fingerprint density at radius 2 is 1.71 bits per heavy atom. The van der Waals surface area contributed by atoms with Crippen LogP contribution in [-0.4, -0.2) is 17.4 Å². The maximum absolute atomic E-state index is 13.8. The number of amides is 1. The van der Waals surface area contributed by atoms with Crippen molar-refractivity contribution in [2.24, 2.45) is 0 Å². The smallest absolute Gasteiger partial charge is 0.291 e. The quantitative estimate of drug-likeness (QED) is 0.380. The van der Waals surface area contributed by atoms with Crippen molar-refractivity contribution in [3.05, 3.63) is 110 Å². The fourth-order valence-electron chi connectivity index (χ4n) is 4.82. The molecule has 1 aromatic heterocycles. The summed E-state index contributed by atoms with van der Waals surface area (Å²) in [4.78, 5) is 29.3. The van der Waals surface area contributed by atoms with Crippen molar-refractivity contribution in [3.8, 4) is 5.75 Å². The van der Waals surface area contributed by atoms with Gasteiger partial charge in [0.15, 0.2) is 5.43 Å². The fourth-order valence-corrected chi connectivity index (χ4v) is 4.82. The molecule has 5 heteroatoms. The number of fused-ring (bicyclic) bond motifs is 2. The summed E-state index contributed by atoms with van der Waals surface area (Å²) in [5.74, 6) is 0.554. The number of hydrogen-bond acceptors (Lipinski definition) is 4. The average Bonchev–Trinajstić information content (AvgIpc) is 3.08. The molecule has 1 unspecified atom stereocenters. The van der Waals surface area contributed by atoms with Crippen LogP contribution in [-0.2, 0) is 6.54 Å². The van der Waals surface area contributed by atoms with E-state index in [1.807, 2.05) is 88.4 Å². The number of nitrogens with zero attached hydrogens (tertiary/aromatic N) is 1. The highest BCUT2D eigenvalue weighted by Crippen LogP contribution is 2.40. The summed E-state index contributed by atoms with van der Waals surface area (Å²) in [6, 6.07) is 18.9. The van der Waals surface area contributed by atoms with Crippen LogP contribution in [0.3, 0.4) is 0 Å². The summed E-state index contributed by atoms with van der Waals surface area (Å²) in [6.07, 6.45) is 0. The predicted molar refractivity (Wildman–Crippen MR) is 132 cm³/mol. The Morgan fingerprint density at radius 1 is 0.941 bits per heavy atom. The van der Waals surface area contributed by atoms with Gasteiger partial charge in [0.1, 0.15) is 11.3 Å². The van der Waals surface area contributed by atoms with E-state index in [0.717, 1.165) is 27.8 Å². The third-order valence-corrected chi connectivity index (χ3v) is 6.36. The van der Waals surface area contributed by atoms with E-state index in [1.54, 1.807) is 4.90 Å². The first-order valence-electron chi connectivity index (χ1n) is 11.5. The predicted octanol–water partition coefficient (Wildman–Crippen LogP) is 5.86. The van der Waals surface area contributed by atoms with Crippen LogP contribution in [0.15, 0.2) is 69.9 Å². The van der Waals surface area contributed by atoms with Crippen LogP contribution in [0.25, 0.3) is 11.0 Å². The Hall–Kier alpha value is -3.86. The molecule has 0 saturated heterocycles. The minimum Gasteiger partial charge on any atom is -0.494 e. The Morgan fingerprint density at radius 3 is 2.44 bits per heavy atom. The molecule has 0 saturated carbocycles.